The first-order valence-electron chi connectivity index (χ1n) is 10.1. The van der Waals surface area contributed by atoms with Crippen molar-refractivity contribution in [1.29, 1.82) is 0 Å². The number of carbonyl (C=O) groups is 4. The maximum Gasteiger partial charge on any atom is 0.220 e. The van der Waals surface area contributed by atoms with E-state index in [-0.39, 0.29) is 102 Å². The molecule has 4 rings (SSSR count). The molecule has 2 heterocycles. The number of benzene rings is 2. The number of rotatable bonds is 1. The van der Waals surface area contributed by atoms with Gasteiger partial charge in [0, 0.05) is 91.9 Å². The first-order chi connectivity index (χ1) is 16.3. The summed E-state index contributed by atoms with van der Waals surface area (Å²) in [7, 11) is 0. The van der Waals surface area contributed by atoms with Gasteiger partial charge < -0.3 is 40.7 Å². The Bertz CT molecular complexity index is 1220. The van der Waals surface area contributed by atoms with Crippen LogP contribution in [-0.2, 0) is 84.6 Å². The summed E-state index contributed by atoms with van der Waals surface area (Å²) in [6, 6.07) is 17.5. The van der Waals surface area contributed by atoms with Crippen molar-refractivity contribution in [2.24, 2.45) is 0 Å². The maximum absolute atomic E-state index is 10.8. The van der Waals surface area contributed by atoms with Gasteiger partial charge in [-0.15, -0.1) is 12.1 Å². The Morgan fingerprint density at radius 2 is 1.10 bits per heavy atom. The minimum Gasteiger partial charge on any atom is -0.422 e. The molecular weight excluding hydrogens is 693 g/mol. The number of hydrogen-bond donors (Lipinski definition) is 4. The van der Waals surface area contributed by atoms with Gasteiger partial charge in [-0.1, -0.05) is 24.5 Å². The van der Waals surface area contributed by atoms with E-state index in [1.807, 2.05) is 36.4 Å². The zero-order valence-corrected chi connectivity index (χ0v) is 30.4. The molecule has 0 unspecified atom stereocenters. The zero-order valence-electron chi connectivity index (χ0n) is 23.2. The predicted molar refractivity (Wildman–Crippen MR) is 155 cm³/mol. The van der Waals surface area contributed by atoms with Crippen LogP contribution in [0.2, 0.25) is 0 Å². The standard InChI is InChI=1S/C10H9N2O.C8H7N2.C3H6O.2C2H3ClO.2CH3.2Y/c1-7(13)12-9-4-2-3-8-5-6-11-10(8)9;9-7-3-1-2-6-4-5-10-8(6)7;1-3(2)4;2*1-2(3)4;;;;/h2-4,6,11H,1H3,(H,12,13);1-3,5,10H,9H2;1-2H3;2*1H3;2*1H3;;/q2*-1;;;;2*-1;;. The van der Waals surface area contributed by atoms with Crippen LogP contribution in [0.1, 0.15) is 34.6 Å². The van der Waals surface area contributed by atoms with E-state index in [1.165, 1.54) is 34.6 Å². The Kier molecular flexibility index (Phi) is 32.6. The fourth-order valence-corrected chi connectivity index (χ4v) is 2.35. The molecule has 1 amide bonds. The van der Waals surface area contributed by atoms with Crippen molar-refractivity contribution in [3.05, 3.63) is 75.8 Å². The van der Waals surface area contributed by atoms with E-state index >= 15 is 0 Å². The Balaban J connectivity index is -0.000000133. The van der Waals surface area contributed by atoms with Crippen LogP contribution in [0.25, 0.3) is 21.8 Å². The number of anilines is 2. The molecule has 2 aromatic heterocycles. The number of ketones is 1. The summed E-state index contributed by atoms with van der Waals surface area (Å²) in [6.45, 7) is 7.13. The Hall–Kier alpha value is -1.41. The molecule has 0 bridgehead atoms. The van der Waals surface area contributed by atoms with E-state index in [9.17, 15) is 19.2 Å². The summed E-state index contributed by atoms with van der Waals surface area (Å²) in [6.07, 6.45) is 3.50. The third-order valence-corrected chi connectivity index (χ3v) is 3.36. The van der Waals surface area contributed by atoms with Gasteiger partial charge in [-0.2, -0.15) is 35.0 Å². The second-order valence-electron chi connectivity index (χ2n) is 6.89. The van der Waals surface area contributed by atoms with Gasteiger partial charge in [0.05, 0.1) is 0 Å². The molecule has 5 N–H and O–H groups in total. The number of carbonyl (C=O) groups excluding carboxylic acids is 4. The maximum atomic E-state index is 10.8. The molecule has 0 aliphatic heterocycles. The molecule has 39 heavy (non-hydrogen) atoms. The van der Waals surface area contributed by atoms with Gasteiger partial charge in [0.1, 0.15) is 5.78 Å². The summed E-state index contributed by atoms with van der Waals surface area (Å²) in [4.78, 5) is 44.7. The molecule has 0 fully saturated rings. The molecule has 0 spiro atoms. The van der Waals surface area contributed by atoms with Gasteiger partial charge in [-0.3, -0.25) is 14.4 Å². The van der Waals surface area contributed by atoms with Gasteiger partial charge in [0.25, 0.3) is 0 Å². The average molecular weight is 727 g/mol. The van der Waals surface area contributed by atoms with Crippen molar-refractivity contribution < 1.29 is 84.6 Å². The molecule has 2 radical (unpaired) electrons. The Morgan fingerprint density at radius 3 is 1.49 bits per heavy atom. The molecule has 0 aliphatic carbocycles. The van der Waals surface area contributed by atoms with Crippen molar-refractivity contribution in [1.82, 2.24) is 9.97 Å². The summed E-state index contributed by atoms with van der Waals surface area (Å²) < 4.78 is 0. The first kappa shape index (κ1) is 47.4. The topological polar surface area (TPSA) is 138 Å². The number of Topliss-reactive ketones (excluding diaryl/α,β-unsaturated/α-hetero) is 1. The number of halogens is 2. The largest absolute Gasteiger partial charge is 0.422 e. The summed E-state index contributed by atoms with van der Waals surface area (Å²) in [5.41, 5.74) is 9.11. The number of nitrogens with two attached hydrogens (primary N) is 1. The van der Waals surface area contributed by atoms with Crippen molar-refractivity contribution in [3.8, 4) is 0 Å². The van der Waals surface area contributed by atoms with E-state index < -0.39 is 0 Å². The van der Waals surface area contributed by atoms with Gasteiger partial charge in [-0.25, -0.2) is 0 Å². The van der Waals surface area contributed by atoms with Crippen molar-refractivity contribution in [2.45, 2.75) is 34.6 Å². The number of fused-ring (bicyclic) bond motifs is 2. The summed E-state index contributed by atoms with van der Waals surface area (Å²) >= 11 is 9.27. The van der Waals surface area contributed by atoms with Gasteiger partial charge in [-0.05, 0) is 53.8 Å². The normalized spacial score (nSPS) is 8.08. The van der Waals surface area contributed by atoms with Crippen LogP contribution in [0, 0.1) is 27.0 Å². The van der Waals surface area contributed by atoms with E-state index in [0.29, 0.717) is 0 Å². The van der Waals surface area contributed by atoms with E-state index in [1.54, 1.807) is 12.4 Å². The van der Waals surface area contributed by atoms with Gasteiger partial charge in [0.2, 0.25) is 16.4 Å². The molecule has 0 atom stereocenters. The van der Waals surface area contributed by atoms with Crippen molar-refractivity contribution in [3.63, 3.8) is 0 Å². The van der Waals surface area contributed by atoms with Crippen LogP contribution in [0.5, 0.6) is 0 Å². The third-order valence-electron chi connectivity index (χ3n) is 3.36. The van der Waals surface area contributed by atoms with Crippen LogP contribution in [0.15, 0.2) is 48.8 Å². The van der Waals surface area contributed by atoms with E-state index in [4.69, 9.17) is 5.73 Å². The second-order valence-corrected chi connectivity index (χ2v) is 7.96. The van der Waals surface area contributed by atoms with Crippen LogP contribution < -0.4 is 11.1 Å². The number of aromatic amines is 2. The first-order valence-corrected chi connectivity index (χ1v) is 10.9. The molecule has 0 aliphatic rings. The third kappa shape index (κ3) is 24.1. The number of nitrogen functional groups attached to an aromatic ring is 1. The fraction of sp³-hybridized carbons (Fsp3) is 0.185. The number of amides is 1. The molecule has 8 nitrogen and oxygen atoms in total. The van der Waals surface area contributed by atoms with E-state index in [0.717, 1.165) is 33.2 Å². The van der Waals surface area contributed by atoms with E-state index in [2.05, 4.69) is 50.6 Å². The SMILES string of the molecule is CC(=O)Cl.CC(=O)Cl.CC(=O)Nc1cccc2[c-]c[nH]c12.CC(C)=O.Nc1cccc2[c-]c[nH]c12.[CH3-].[CH3-].[Y].[Y]. The Morgan fingerprint density at radius 1 is 0.744 bits per heavy atom. The van der Waals surface area contributed by atoms with Crippen LogP contribution >= 0.6 is 23.2 Å². The average Bonchev–Trinajstić information content (AvgIpc) is 3.37. The van der Waals surface area contributed by atoms with Crippen molar-refractivity contribution in [2.75, 3.05) is 11.1 Å². The van der Waals surface area contributed by atoms with Gasteiger partial charge in [0.15, 0.2) is 0 Å². The molecular formula is C27H34Cl2N4O4Y2-4. The molecule has 2 aromatic carbocycles. The number of para-hydroxylation sites is 2. The van der Waals surface area contributed by atoms with Crippen LogP contribution in [0.3, 0.4) is 0 Å². The predicted octanol–water partition coefficient (Wildman–Crippen LogP) is 6.51. The summed E-state index contributed by atoms with van der Waals surface area (Å²) in [5, 5.41) is 4.04. The molecule has 12 heteroatoms. The van der Waals surface area contributed by atoms with Gasteiger partial charge >= 0.3 is 0 Å². The Labute approximate surface area is 291 Å². The molecule has 4 aromatic rings. The quantitative estimate of drug-likeness (QED) is 0.101. The fourth-order valence-electron chi connectivity index (χ4n) is 2.35. The van der Waals surface area contributed by atoms with Crippen molar-refractivity contribution >= 4 is 78.6 Å². The number of aromatic nitrogens is 2. The zero-order chi connectivity index (χ0) is 27.0. The monoisotopic (exact) mass is 726 g/mol. The molecule has 0 saturated carbocycles. The summed E-state index contributed by atoms with van der Waals surface area (Å²) in [5.74, 6) is 0.0992. The smallest absolute Gasteiger partial charge is 0.220 e. The van der Waals surface area contributed by atoms with Crippen LogP contribution in [0.4, 0.5) is 11.4 Å². The number of hydrogen-bond acceptors (Lipinski definition) is 5. The minimum absolute atomic E-state index is 0. The number of H-pyrrole nitrogens is 2. The van der Waals surface area contributed by atoms with Crippen LogP contribution in [-0.4, -0.2) is 32.1 Å². The second kappa shape index (κ2) is 26.8. The molecule has 210 valence electrons. The number of nitrogens with one attached hydrogen (secondary N) is 3. The molecule has 0 saturated heterocycles. The minimum atomic E-state index is -0.361.